The zero-order chi connectivity index (χ0) is 13.4. The minimum atomic E-state index is -0.467. The highest BCUT2D eigenvalue weighted by atomic mass is 35.5. The molecule has 0 amide bonds. The summed E-state index contributed by atoms with van der Waals surface area (Å²) in [6.07, 6.45) is 2.68. The lowest BCUT2D eigenvalue weighted by Crippen LogP contribution is -2.25. The Bertz CT molecular complexity index is 932. The van der Waals surface area contributed by atoms with Crippen LogP contribution in [0.15, 0.2) is 40.1 Å². The minimum absolute atomic E-state index is 0.274. The van der Waals surface area contributed by atoms with Gasteiger partial charge >= 0.3 is 0 Å². The van der Waals surface area contributed by atoms with Crippen molar-refractivity contribution < 1.29 is 0 Å². The van der Waals surface area contributed by atoms with E-state index in [-0.39, 0.29) is 10.5 Å². The van der Waals surface area contributed by atoms with Crippen molar-refractivity contribution in [3.63, 3.8) is 0 Å². The molecule has 0 aliphatic heterocycles. The summed E-state index contributed by atoms with van der Waals surface area (Å²) in [7, 11) is 0. The molecule has 0 aliphatic rings. The first-order valence-corrected chi connectivity index (χ1v) is 6.50. The fourth-order valence-corrected chi connectivity index (χ4v) is 2.70. The van der Waals surface area contributed by atoms with Gasteiger partial charge in [-0.1, -0.05) is 41.1 Å². The molecule has 0 fully saturated rings. The lowest BCUT2D eigenvalue weighted by atomic mass is 10.2. The van der Waals surface area contributed by atoms with Crippen LogP contribution in [0, 0.1) is 0 Å². The van der Waals surface area contributed by atoms with Crippen molar-refractivity contribution in [1.29, 1.82) is 0 Å². The first kappa shape index (κ1) is 12.0. The first-order chi connectivity index (χ1) is 9.15. The fraction of sp³-hybridized carbons (Fsp3) is 0. The number of benzene rings is 1. The number of hydrogen-bond acceptors (Lipinski definition) is 5. The number of nitrogens with zero attached hydrogens (tertiary/aromatic N) is 3. The topological polar surface area (TPSA) is 64.3 Å². The smallest absolute Gasteiger partial charge is 0.266 e. The number of aromatic nitrogens is 3. The Labute approximate surface area is 115 Å². The van der Waals surface area contributed by atoms with E-state index in [9.17, 15) is 9.59 Å². The van der Waals surface area contributed by atoms with Crippen LogP contribution in [-0.4, -0.2) is 14.6 Å². The second-order valence-electron chi connectivity index (χ2n) is 3.73. The van der Waals surface area contributed by atoms with Crippen molar-refractivity contribution >= 4 is 34.0 Å². The molecule has 0 atom stereocenters. The largest absolute Gasteiger partial charge is 0.292 e. The highest BCUT2D eigenvalue weighted by Crippen LogP contribution is 2.15. The summed E-state index contributed by atoms with van der Waals surface area (Å²) < 4.78 is 1.54. The maximum atomic E-state index is 12.0. The van der Waals surface area contributed by atoms with Crippen LogP contribution >= 0.6 is 22.9 Å². The lowest BCUT2D eigenvalue weighted by Gasteiger charge is -1.93. The van der Waals surface area contributed by atoms with Crippen molar-refractivity contribution in [2.24, 2.45) is 0 Å². The Balaban J connectivity index is 2.32. The average Bonchev–Trinajstić information content (AvgIpc) is 2.68. The van der Waals surface area contributed by atoms with Crippen LogP contribution in [0.3, 0.4) is 0 Å². The molecule has 2 heterocycles. The van der Waals surface area contributed by atoms with Gasteiger partial charge in [-0.3, -0.25) is 9.59 Å². The third-order valence-electron chi connectivity index (χ3n) is 2.47. The third-order valence-corrected chi connectivity index (χ3v) is 3.77. The summed E-state index contributed by atoms with van der Waals surface area (Å²) in [5.74, 6) is 0. The summed E-state index contributed by atoms with van der Waals surface area (Å²) in [5.41, 5.74) is -0.0475. The van der Waals surface area contributed by atoms with Crippen molar-refractivity contribution in [2.75, 3.05) is 0 Å². The number of fused-ring (bicyclic) bond motifs is 1. The molecule has 0 N–H and O–H groups in total. The van der Waals surface area contributed by atoms with Gasteiger partial charge in [-0.25, -0.2) is 0 Å². The van der Waals surface area contributed by atoms with Crippen LogP contribution < -0.4 is 15.7 Å². The molecule has 5 nitrogen and oxygen atoms in total. The Morgan fingerprint density at radius 3 is 2.84 bits per heavy atom. The van der Waals surface area contributed by atoms with Crippen molar-refractivity contribution in [1.82, 2.24) is 14.6 Å². The monoisotopic (exact) mass is 291 g/mol. The molecule has 0 unspecified atom stereocenters. The molecule has 0 bridgehead atoms. The maximum absolute atomic E-state index is 12.0. The zero-order valence-electron chi connectivity index (χ0n) is 9.41. The van der Waals surface area contributed by atoms with Gasteiger partial charge in [0, 0.05) is 5.02 Å². The first-order valence-electron chi connectivity index (χ1n) is 5.30. The van der Waals surface area contributed by atoms with E-state index in [1.807, 2.05) is 12.1 Å². The molecule has 94 valence electrons. The van der Waals surface area contributed by atoms with Gasteiger partial charge in [0.25, 0.3) is 11.1 Å². The predicted octanol–water partition coefficient (Wildman–Crippen LogP) is 0.712. The van der Waals surface area contributed by atoms with Gasteiger partial charge in [-0.15, -0.1) is 0 Å². The Morgan fingerprint density at radius 1 is 1.26 bits per heavy atom. The van der Waals surface area contributed by atoms with Crippen LogP contribution in [0.4, 0.5) is 0 Å². The van der Waals surface area contributed by atoms with Crippen LogP contribution in [0.5, 0.6) is 0 Å². The van der Waals surface area contributed by atoms with Crippen LogP contribution in [0.2, 0.25) is 5.02 Å². The van der Waals surface area contributed by atoms with Crippen molar-refractivity contribution in [2.45, 2.75) is 0 Å². The molecule has 0 radical (unpaired) electrons. The average molecular weight is 292 g/mol. The molecule has 3 rings (SSSR count). The lowest BCUT2D eigenvalue weighted by molar-refractivity contribution is 0.866. The Morgan fingerprint density at radius 2 is 2.05 bits per heavy atom. The van der Waals surface area contributed by atoms with E-state index < -0.39 is 5.56 Å². The third kappa shape index (κ3) is 2.16. The summed E-state index contributed by atoms with van der Waals surface area (Å²) >= 11 is 7.14. The molecule has 0 spiro atoms. The SMILES string of the molecule is O=c1cnn2c(=O)c(=Cc3ccccc3Cl)sc2n1. The second-order valence-corrected chi connectivity index (χ2v) is 5.14. The molecule has 1 aromatic carbocycles. The standard InChI is InChI=1S/C12H6ClN3O2S/c13-8-4-2-1-3-7(8)5-9-11(18)16-12(19-9)15-10(17)6-14-16/h1-6H. The van der Waals surface area contributed by atoms with E-state index in [1.165, 1.54) is 0 Å². The van der Waals surface area contributed by atoms with E-state index in [2.05, 4.69) is 10.1 Å². The minimum Gasteiger partial charge on any atom is -0.266 e. The fourth-order valence-electron chi connectivity index (χ4n) is 1.60. The van der Waals surface area contributed by atoms with E-state index in [4.69, 9.17) is 11.6 Å². The number of rotatable bonds is 1. The molecule has 0 saturated carbocycles. The van der Waals surface area contributed by atoms with Gasteiger partial charge in [0.15, 0.2) is 0 Å². The van der Waals surface area contributed by atoms with Gasteiger partial charge in [-0.2, -0.15) is 14.6 Å². The van der Waals surface area contributed by atoms with Crippen LogP contribution in [0.25, 0.3) is 11.0 Å². The quantitative estimate of drug-likeness (QED) is 0.662. The summed E-state index contributed by atoms with van der Waals surface area (Å²) in [6, 6.07) is 7.18. The number of hydrogen-bond donors (Lipinski definition) is 0. The summed E-state index contributed by atoms with van der Waals surface area (Å²) in [4.78, 5) is 27.2. The maximum Gasteiger partial charge on any atom is 0.292 e. The van der Waals surface area contributed by atoms with Gasteiger partial charge < -0.3 is 0 Å². The number of thiazole rings is 1. The molecule has 3 aromatic rings. The molecular formula is C12H6ClN3O2S. The van der Waals surface area contributed by atoms with Crippen molar-refractivity contribution in [3.05, 3.63) is 66.3 Å². The highest BCUT2D eigenvalue weighted by Gasteiger charge is 2.06. The second kappa shape index (κ2) is 4.56. The van der Waals surface area contributed by atoms with Crippen LogP contribution in [0.1, 0.15) is 5.56 Å². The molecule has 0 aliphatic carbocycles. The molecule has 19 heavy (non-hydrogen) atoms. The number of halogens is 1. The zero-order valence-corrected chi connectivity index (χ0v) is 11.0. The van der Waals surface area contributed by atoms with Gasteiger partial charge in [0.05, 0.1) is 4.53 Å². The van der Waals surface area contributed by atoms with Gasteiger partial charge in [0.2, 0.25) is 4.96 Å². The molecular weight excluding hydrogens is 286 g/mol. The van der Waals surface area contributed by atoms with E-state index in [1.54, 1.807) is 18.2 Å². The highest BCUT2D eigenvalue weighted by molar-refractivity contribution is 7.15. The summed E-state index contributed by atoms with van der Waals surface area (Å²) in [6.45, 7) is 0. The van der Waals surface area contributed by atoms with E-state index in [0.717, 1.165) is 27.6 Å². The van der Waals surface area contributed by atoms with Gasteiger partial charge in [0.1, 0.15) is 6.20 Å². The molecule has 7 heteroatoms. The van der Waals surface area contributed by atoms with Crippen molar-refractivity contribution in [3.8, 4) is 0 Å². The van der Waals surface area contributed by atoms with Gasteiger partial charge in [-0.05, 0) is 17.7 Å². The van der Waals surface area contributed by atoms with Crippen LogP contribution in [-0.2, 0) is 0 Å². The summed E-state index contributed by atoms with van der Waals surface area (Å²) in [5, 5.41) is 4.30. The Kier molecular flexibility index (Phi) is 2.88. The van der Waals surface area contributed by atoms with E-state index >= 15 is 0 Å². The Hall–Kier alpha value is -2.05. The normalized spacial score (nSPS) is 12.2. The molecule has 2 aromatic heterocycles. The molecule has 0 saturated heterocycles. The van der Waals surface area contributed by atoms with E-state index in [0.29, 0.717) is 9.55 Å². The predicted molar refractivity (Wildman–Crippen MR) is 73.6 cm³/mol.